The van der Waals surface area contributed by atoms with Crippen molar-refractivity contribution in [3.05, 3.63) is 29.8 Å². The first kappa shape index (κ1) is 17.5. The topological polar surface area (TPSA) is 96.0 Å². The number of rotatable bonds is 7. The fraction of sp³-hybridized carbons (Fsp3) is 0.375. The molecule has 8 heteroatoms. The molecule has 2 rings (SSSR count). The molecule has 1 aromatic carbocycles. The summed E-state index contributed by atoms with van der Waals surface area (Å²) in [6.45, 7) is 1.80. The van der Waals surface area contributed by atoms with E-state index < -0.39 is 30.3 Å². The van der Waals surface area contributed by atoms with Gasteiger partial charge in [0.15, 0.2) is 0 Å². The number of benzene rings is 1. The number of ether oxygens (including phenoxy) is 1. The average molecular weight is 333 g/mol. The lowest BCUT2D eigenvalue weighted by atomic mass is 10.2. The number of hydrogen-bond donors (Lipinski definition) is 1. The Labute approximate surface area is 139 Å². The van der Waals surface area contributed by atoms with Gasteiger partial charge in [-0.05, 0) is 24.1 Å². The van der Waals surface area contributed by atoms with Crippen LogP contribution in [-0.2, 0) is 20.9 Å². The van der Waals surface area contributed by atoms with Gasteiger partial charge in [-0.15, -0.1) is 0 Å². The molecule has 0 atom stereocenters. The van der Waals surface area contributed by atoms with E-state index in [4.69, 9.17) is 4.74 Å². The van der Waals surface area contributed by atoms with E-state index in [1.807, 2.05) is 6.92 Å². The molecule has 5 amide bonds. The molecule has 1 saturated heterocycles. The van der Waals surface area contributed by atoms with Gasteiger partial charge in [-0.25, -0.2) is 9.69 Å². The van der Waals surface area contributed by atoms with Crippen molar-refractivity contribution < 1.29 is 23.9 Å². The van der Waals surface area contributed by atoms with Gasteiger partial charge in [0.05, 0.1) is 13.7 Å². The Morgan fingerprint density at radius 1 is 1.17 bits per heavy atom. The summed E-state index contributed by atoms with van der Waals surface area (Å²) in [5.74, 6) is -1.83. The Morgan fingerprint density at radius 2 is 1.88 bits per heavy atom. The number of hydrogen-bond acceptors (Lipinski definition) is 5. The largest absolute Gasteiger partial charge is 0.497 e. The molecule has 0 bridgehead atoms. The van der Waals surface area contributed by atoms with Crippen LogP contribution >= 0.6 is 0 Å². The van der Waals surface area contributed by atoms with E-state index in [9.17, 15) is 19.2 Å². The first-order valence-corrected chi connectivity index (χ1v) is 7.54. The highest BCUT2D eigenvalue weighted by Crippen LogP contribution is 2.18. The van der Waals surface area contributed by atoms with E-state index in [2.05, 4.69) is 5.32 Å². The summed E-state index contributed by atoms with van der Waals surface area (Å²) >= 11 is 0. The second kappa shape index (κ2) is 7.58. The highest BCUT2D eigenvalue weighted by molar-refractivity contribution is 6.44. The number of nitrogens with zero attached hydrogens (tertiary/aromatic N) is 2. The maximum absolute atomic E-state index is 12.3. The molecule has 0 radical (unpaired) electrons. The molecular formula is C16H19N3O5. The van der Waals surface area contributed by atoms with E-state index in [-0.39, 0.29) is 6.54 Å². The SMILES string of the molecule is CCCNC(=O)CN1C(=O)C(=O)N(Cc2cccc(OC)c2)C1=O. The molecule has 1 aliphatic heterocycles. The van der Waals surface area contributed by atoms with Gasteiger partial charge in [0.1, 0.15) is 12.3 Å². The van der Waals surface area contributed by atoms with Crippen LogP contribution in [0.4, 0.5) is 4.79 Å². The highest BCUT2D eigenvalue weighted by Gasteiger charge is 2.45. The third-order valence-corrected chi connectivity index (χ3v) is 3.48. The molecule has 0 saturated carbocycles. The maximum Gasteiger partial charge on any atom is 0.335 e. The molecule has 128 valence electrons. The minimum Gasteiger partial charge on any atom is -0.497 e. The second-order valence-electron chi connectivity index (χ2n) is 5.27. The Bertz CT molecular complexity index is 673. The normalized spacial score (nSPS) is 14.3. The summed E-state index contributed by atoms with van der Waals surface area (Å²) in [6.07, 6.45) is 0.731. The number of carbonyl (C=O) groups is 4. The smallest absolute Gasteiger partial charge is 0.335 e. The van der Waals surface area contributed by atoms with Crippen LogP contribution < -0.4 is 10.1 Å². The zero-order valence-corrected chi connectivity index (χ0v) is 13.6. The molecule has 1 fully saturated rings. The molecule has 0 spiro atoms. The molecule has 0 aliphatic carbocycles. The standard InChI is InChI=1S/C16H19N3O5/c1-3-7-17-13(20)10-19-15(22)14(21)18(16(19)23)9-11-5-4-6-12(8-11)24-2/h4-6,8H,3,7,9-10H2,1-2H3,(H,17,20). The summed E-state index contributed by atoms with van der Waals surface area (Å²) in [6, 6.07) is 6.04. The Balaban J connectivity index is 2.09. The molecule has 1 heterocycles. The summed E-state index contributed by atoms with van der Waals surface area (Å²) in [7, 11) is 1.51. The lowest BCUT2D eigenvalue weighted by molar-refractivity contribution is -0.144. The molecular weight excluding hydrogens is 314 g/mol. The minimum atomic E-state index is -0.991. The van der Waals surface area contributed by atoms with Crippen molar-refractivity contribution in [2.75, 3.05) is 20.2 Å². The second-order valence-corrected chi connectivity index (χ2v) is 5.27. The van der Waals surface area contributed by atoms with Gasteiger partial charge in [0.25, 0.3) is 0 Å². The van der Waals surface area contributed by atoms with E-state index >= 15 is 0 Å². The first-order chi connectivity index (χ1) is 11.5. The molecule has 1 aliphatic rings. The maximum atomic E-state index is 12.3. The number of nitrogens with one attached hydrogen (secondary N) is 1. The first-order valence-electron chi connectivity index (χ1n) is 7.54. The van der Waals surface area contributed by atoms with Crippen LogP contribution in [-0.4, -0.2) is 53.8 Å². The Kier molecular flexibility index (Phi) is 5.51. The number of methoxy groups -OCH3 is 1. The number of urea groups is 1. The molecule has 1 N–H and O–H groups in total. The van der Waals surface area contributed by atoms with E-state index in [0.29, 0.717) is 22.8 Å². The molecule has 0 unspecified atom stereocenters. The summed E-state index contributed by atoms with van der Waals surface area (Å²) in [5.41, 5.74) is 0.640. The minimum absolute atomic E-state index is 0.0618. The van der Waals surface area contributed by atoms with Crippen LogP contribution in [0.1, 0.15) is 18.9 Å². The predicted molar refractivity (Wildman–Crippen MR) is 84.0 cm³/mol. The molecule has 8 nitrogen and oxygen atoms in total. The number of carbonyl (C=O) groups excluding carboxylic acids is 4. The van der Waals surface area contributed by atoms with Crippen LogP contribution in [0.3, 0.4) is 0 Å². The van der Waals surface area contributed by atoms with Crippen LogP contribution in [0, 0.1) is 0 Å². The zero-order valence-electron chi connectivity index (χ0n) is 13.6. The third-order valence-electron chi connectivity index (χ3n) is 3.48. The van der Waals surface area contributed by atoms with Crippen LogP contribution in [0.25, 0.3) is 0 Å². The van der Waals surface area contributed by atoms with Crippen molar-refractivity contribution in [2.24, 2.45) is 0 Å². The van der Waals surface area contributed by atoms with Crippen LogP contribution in [0.2, 0.25) is 0 Å². The van der Waals surface area contributed by atoms with Crippen molar-refractivity contribution in [1.29, 1.82) is 0 Å². The summed E-state index contributed by atoms with van der Waals surface area (Å²) < 4.78 is 5.09. The fourth-order valence-electron chi connectivity index (χ4n) is 2.25. The Morgan fingerprint density at radius 3 is 2.54 bits per heavy atom. The van der Waals surface area contributed by atoms with Gasteiger partial charge in [-0.1, -0.05) is 19.1 Å². The summed E-state index contributed by atoms with van der Waals surface area (Å²) in [5, 5.41) is 2.56. The molecule has 0 aromatic heterocycles. The Hall–Kier alpha value is -2.90. The predicted octanol–water partition coefficient (Wildman–Crippen LogP) is 0.512. The lowest BCUT2D eigenvalue weighted by Gasteiger charge is -2.15. The fourth-order valence-corrected chi connectivity index (χ4v) is 2.25. The summed E-state index contributed by atoms with van der Waals surface area (Å²) in [4.78, 5) is 49.5. The van der Waals surface area contributed by atoms with Crippen LogP contribution in [0.5, 0.6) is 5.75 Å². The van der Waals surface area contributed by atoms with Gasteiger partial charge < -0.3 is 10.1 Å². The van der Waals surface area contributed by atoms with Crippen molar-refractivity contribution in [2.45, 2.75) is 19.9 Å². The van der Waals surface area contributed by atoms with Gasteiger partial charge in [-0.3, -0.25) is 19.3 Å². The van der Waals surface area contributed by atoms with Gasteiger partial charge in [0, 0.05) is 6.54 Å². The number of amides is 5. The quantitative estimate of drug-likeness (QED) is 0.579. The van der Waals surface area contributed by atoms with E-state index in [1.165, 1.54) is 7.11 Å². The van der Waals surface area contributed by atoms with Gasteiger partial charge >= 0.3 is 17.8 Å². The molecule has 1 aromatic rings. The van der Waals surface area contributed by atoms with Crippen molar-refractivity contribution in [3.63, 3.8) is 0 Å². The van der Waals surface area contributed by atoms with E-state index in [1.54, 1.807) is 24.3 Å². The monoisotopic (exact) mass is 333 g/mol. The van der Waals surface area contributed by atoms with Crippen molar-refractivity contribution in [1.82, 2.24) is 15.1 Å². The van der Waals surface area contributed by atoms with E-state index in [0.717, 1.165) is 11.3 Å². The highest BCUT2D eigenvalue weighted by atomic mass is 16.5. The zero-order chi connectivity index (χ0) is 17.7. The van der Waals surface area contributed by atoms with Crippen molar-refractivity contribution in [3.8, 4) is 5.75 Å². The third kappa shape index (κ3) is 3.70. The average Bonchev–Trinajstić information content (AvgIpc) is 2.78. The van der Waals surface area contributed by atoms with Gasteiger partial charge in [0.2, 0.25) is 5.91 Å². The lowest BCUT2D eigenvalue weighted by Crippen LogP contribution is -2.41. The van der Waals surface area contributed by atoms with Gasteiger partial charge in [-0.2, -0.15) is 0 Å². The van der Waals surface area contributed by atoms with Crippen LogP contribution in [0.15, 0.2) is 24.3 Å². The number of imide groups is 2. The molecule has 24 heavy (non-hydrogen) atoms. The van der Waals surface area contributed by atoms with Crippen molar-refractivity contribution >= 4 is 23.8 Å².